The van der Waals surface area contributed by atoms with Gasteiger partial charge in [-0.25, -0.2) is 0 Å². The molecule has 0 radical (unpaired) electrons. The van der Waals surface area contributed by atoms with E-state index in [0.29, 0.717) is 0 Å². The number of aliphatic imine (C=N–C) groups is 1. The minimum absolute atomic E-state index is 0.855. The van der Waals surface area contributed by atoms with Gasteiger partial charge in [-0.05, 0) is 38.2 Å². The SMILES string of the molecule is CCNC(=NCCCCn1cnnc1)N1CCC(=Cc2ccccc2)CC1. The van der Waals surface area contributed by atoms with Gasteiger partial charge >= 0.3 is 0 Å². The van der Waals surface area contributed by atoms with Gasteiger partial charge in [0, 0.05) is 32.7 Å². The second-order valence-electron chi connectivity index (χ2n) is 6.84. The van der Waals surface area contributed by atoms with E-state index in [1.807, 2.05) is 4.57 Å². The Hall–Kier alpha value is -2.63. The van der Waals surface area contributed by atoms with Gasteiger partial charge in [0.25, 0.3) is 0 Å². The molecule has 2 aromatic rings. The van der Waals surface area contributed by atoms with Crippen LogP contribution in [0.25, 0.3) is 6.08 Å². The van der Waals surface area contributed by atoms with Gasteiger partial charge in [0.1, 0.15) is 12.7 Å². The van der Waals surface area contributed by atoms with Crippen molar-refractivity contribution in [3.63, 3.8) is 0 Å². The van der Waals surface area contributed by atoms with E-state index in [0.717, 1.165) is 64.4 Å². The third-order valence-corrected chi connectivity index (χ3v) is 4.76. The average molecular weight is 367 g/mol. The van der Waals surface area contributed by atoms with Crippen LogP contribution in [0.4, 0.5) is 0 Å². The number of rotatable bonds is 7. The lowest BCUT2D eigenvalue weighted by molar-refractivity contribution is 0.375. The van der Waals surface area contributed by atoms with Crippen LogP contribution in [-0.4, -0.2) is 51.8 Å². The summed E-state index contributed by atoms with van der Waals surface area (Å²) in [7, 11) is 0. The van der Waals surface area contributed by atoms with E-state index in [-0.39, 0.29) is 0 Å². The van der Waals surface area contributed by atoms with Gasteiger partial charge in [0.2, 0.25) is 0 Å². The molecule has 2 heterocycles. The Balaban J connectivity index is 1.46. The lowest BCUT2D eigenvalue weighted by Gasteiger charge is -2.31. The lowest BCUT2D eigenvalue weighted by atomic mass is 10.0. The lowest BCUT2D eigenvalue weighted by Crippen LogP contribution is -2.44. The van der Waals surface area contributed by atoms with Crippen LogP contribution in [0.1, 0.15) is 38.2 Å². The standard InChI is InChI=1S/C21H30N6/c1-2-22-21(23-12-6-7-13-26-17-24-25-18-26)27-14-10-20(11-15-27)16-19-8-4-3-5-9-19/h3-5,8-9,16-18H,2,6-7,10-15H2,1H3,(H,22,23). The fraction of sp³-hybridized carbons (Fsp3) is 0.476. The molecule has 6 heteroatoms. The Morgan fingerprint density at radius 1 is 1.11 bits per heavy atom. The molecule has 0 atom stereocenters. The second-order valence-corrected chi connectivity index (χ2v) is 6.84. The summed E-state index contributed by atoms with van der Waals surface area (Å²) < 4.78 is 2.01. The molecule has 6 nitrogen and oxygen atoms in total. The molecular weight excluding hydrogens is 336 g/mol. The Morgan fingerprint density at radius 2 is 1.85 bits per heavy atom. The van der Waals surface area contributed by atoms with Crippen molar-refractivity contribution in [2.24, 2.45) is 4.99 Å². The van der Waals surface area contributed by atoms with Crippen LogP contribution in [0.3, 0.4) is 0 Å². The highest BCUT2D eigenvalue weighted by Gasteiger charge is 2.17. The molecule has 1 saturated heterocycles. The molecule has 1 aromatic heterocycles. The highest BCUT2D eigenvalue weighted by molar-refractivity contribution is 5.80. The van der Waals surface area contributed by atoms with Crippen molar-refractivity contribution < 1.29 is 0 Å². The molecular formula is C21H30N6. The summed E-state index contributed by atoms with van der Waals surface area (Å²) in [4.78, 5) is 7.23. The number of aryl methyl sites for hydroxylation is 1. The molecule has 1 aromatic carbocycles. The number of nitrogens with zero attached hydrogens (tertiary/aromatic N) is 5. The maximum Gasteiger partial charge on any atom is 0.193 e. The van der Waals surface area contributed by atoms with Gasteiger partial charge in [-0.15, -0.1) is 10.2 Å². The molecule has 1 fully saturated rings. The van der Waals surface area contributed by atoms with E-state index in [2.05, 4.69) is 63.7 Å². The monoisotopic (exact) mass is 366 g/mol. The van der Waals surface area contributed by atoms with Crippen LogP contribution in [-0.2, 0) is 6.54 Å². The number of hydrogen-bond donors (Lipinski definition) is 1. The van der Waals surface area contributed by atoms with Crippen LogP contribution < -0.4 is 5.32 Å². The summed E-state index contributed by atoms with van der Waals surface area (Å²) in [6.45, 7) is 6.91. The quantitative estimate of drug-likeness (QED) is 0.464. The van der Waals surface area contributed by atoms with Crippen molar-refractivity contribution in [1.29, 1.82) is 0 Å². The first kappa shape index (κ1) is 19.1. The Labute approximate surface area is 162 Å². The first-order valence-electron chi connectivity index (χ1n) is 9.95. The number of nitrogens with one attached hydrogen (secondary N) is 1. The molecule has 0 saturated carbocycles. The number of piperidine rings is 1. The summed E-state index contributed by atoms with van der Waals surface area (Å²) >= 11 is 0. The molecule has 1 aliphatic rings. The highest BCUT2D eigenvalue weighted by Crippen LogP contribution is 2.19. The number of unbranched alkanes of at least 4 members (excludes halogenated alkanes) is 1. The van der Waals surface area contributed by atoms with Gasteiger partial charge in [0.15, 0.2) is 5.96 Å². The minimum atomic E-state index is 0.855. The predicted octanol–water partition coefficient (Wildman–Crippen LogP) is 3.20. The van der Waals surface area contributed by atoms with Gasteiger partial charge < -0.3 is 14.8 Å². The van der Waals surface area contributed by atoms with Crippen LogP contribution >= 0.6 is 0 Å². The van der Waals surface area contributed by atoms with Gasteiger partial charge in [-0.2, -0.15) is 0 Å². The highest BCUT2D eigenvalue weighted by atomic mass is 15.3. The van der Waals surface area contributed by atoms with Crippen molar-refractivity contribution in [2.45, 2.75) is 39.2 Å². The Bertz CT molecular complexity index is 710. The van der Waals surface area contributed by atoms with E-state index in [4.69, 9.17) is 4.99 Å². The number of benzene rings is 1. The normalized spacial score (nSPS) is 15.1. The maximum absolute atomic E-state index is 4.84. The fourth-order valence-electron chi connectivity index (χ4n) is 3.29. The number of aromatic nitrogens is 3. The van der Waals surface area contributed by atoms with E-state index in [1.165, 1.54) is 11.1 Å². The number of likely N-dealkylation sites (tertiary alicyclic amines) is 1. The largest absolute Gasteiger partial charge is 0.357 e. The van der Waals surface area contributed by atoms with Gasteiger partial charge in [0.05, 0.1) is 0 Å². The topological polar surface area (TPSA) is 58.3 Å². The first-order valence-corrected chi connectivity index (χ1v) is 9.95. The van der Waals surface area contributed by atoms with Crippen molar-refractivity contribution >= 4 is 12.0 Å². The summed E-state index contributed by atoms with van der Waals surface area (Å²) in [5.41, 5.74) is 2.83. The van der Waals surface area contributed by atoms with E-state index < -0.39 is 0 Å². The van der Waals surface area contributed by atoms with Crippen LogP contribution in [0, 0.1) is 0 Å². The summed E-state index contributed by atoms with van der Waals surface area (Å²) in [6, 6.07) is 10.6. The molecule has 3 rings (SSSR count). The van der Waals surface area contributed by atoms with Crippen molar-refractivity contribution in [1.82, 2.24) is 25.0 Å². The fourth-order valence-corrected chi connectivity index (χ4v) is 3.29. The number of hydrogen-bond acceptors (Lipinski definition) is 3. The zero-order chi connectivity index (χ0) is 18.7. The Kier molecular flexibility index (Phi) is 7.45. The average Bonchev–Trinajstić information content (AvgIpc) is 3.22. The zero-order valence-electron chi connectivity index (χ0n) is 16.2. The molecule has 0 bridgehead atoms. The summed E-state index contributed by atoms with van der Waals surface area (Å²) in [6.07, 6.45) is 10.2. The zero-order valence-corrected chi connectivity index (χ0v) is 16.2. The van der Waals surface area contributed by atoms with E-state index in [1.54, 1.807) is 12.7 Å². The van der Waals surface area contributed by atoms with Crippen LogP contribution in [0.2, 0.25) is 0 Å². The van der Waals surface area contributed by atoms with Crippen molar-refractivity contribution in [2.75, 3.05) is 26.2 Å². The smallest absolute Gasteiger partial charge is 0.193 e. The van der Waals surface area contributed by atoms with Crippen molar-refractivity contribution in [3.05, 3.63) is 54.1 Å². The van der Waals surface area contributed by atoms with Crippen LogP contribution in [0.15, 0.2) is 53.6 Å². The summed E-state index contributed by atoms with van der Waals surface area (Å²) in [5.74, 6) is 1.06. The molecule has 1 aliphatic heterocycles. The molecule has 27 heavy (non-hydrogen) atoms. The van der Waals surface area contributed by atoms with Gasteiger partial charge in [-0.1, -0.05) is 42.0 Å². The first-order chi connectivity index (χ1) is 13.3. The third-order valence-electron chi connectivity index (χ3n) is 4.76. The van der Waals surface area contributed by atoms with Crippen molar-refractivity contribution in [3.8, 4) is 0 Å². The minimum Gasteiger partial charge on any atom is -0.357 e. The number of guanidine groups is 1. The molecule has 0 aliphatic carbocycles. The van der Waals surface area contributed by atoms with E-state index >= 15 is 0 Å². The van der Waals surface area contributed by atoms with E-state index in [9.17, 15) is 0 Å². The molecule has 0 unspecified atom stereocenters. The molecule has 1 N–H and O–H groups in total. The second kappa shape index (κ2) is 10.5. The van der Waals surface area contributed by atoms with Gasteiger partial charge in [-0.3, -0.25) is 4.99 Å². The van der Waals surface area contributed by atoms with Crippen LogP contribution in [0.5, 0.6) is 0 Å². The Morgan fingerprint density at radius 3 is 2.56 bits per heavy atom. The maximum atomic E-state index is 4.84. The molecule has 0 amide bonds. The third kappa shape index (κ3) is 6.24. The predicted molar refractivity (Wildman–Crippen MR) is 110 cm³/mol. The molecule has 0 spiro atoms. The summed E-state index contributed by atoms with van der Waals surface area (Å²) in [5, 5.41) is 11.1. The molecule has 144 valence electrons.